The van der Waals surface area contributed by atoms with Gasteiger partial charge in [-0.3, -0.25) is 4.79 Å². The maximum absolute atomic E-state index is 13.6. The number of amides is 1. The number of rotatable bonds is 6. The van der Waals surface area contributed by atoms with Gasteiger partial charge in [-0.15, -0.1) is 0 Å². The quantitative estimate of drug-likeness (QED) is 0.830. The van der Waals surface area contributed by atoms with Crippen LogP contribution in [0.3, 0.4) is 0 Å². The first-order valence-corrected chi connectivity index (χ1v) is 6.23. The predicted octanol–water partition coefficient (Wildman–Crippen LogP) is 1.97. The number of carbonyl (C=O) groups excluding carboxylic acids is 1. The van der Waals surface area contributed by atoms with Gasteiger partial charge in [0.15, 0.2) is 0 Å². The molecule has 0 aromatic heterocycles. The molecule has 2 N–H and O–H groups in total. The topological polar surface area (TPSA) is 58.6 Å². The normalized spacial score (nSPS) is 12.3. The molecular weight excluding hydrogens is 249 g/mol. The van der Waals surface area contributed by atoms with Crippen LogP contribution in [-0.4, -0.2) is 30.8 Å². The zero-order valence-corrected chi connectivity index (χ0v) is 11.4. The van der Waals surface area contributed by atoms with Gasteiger partial charge in [0.2, 0.25) is 0 Å². The SMILES string of the molecule is COc1ccc(C(=O)NCC(O)CC(C)C)c(F)c1. The second-order valence-electron chi connectivity index (χ2n) is 4.84. The second-order valence-corrected chi connectivity index (χ2v) is 4.84. The van der Waals surface area contributed by atoms with Crippen molar-refractivity contribution >= 4 is 5.91 Å². The molecule has 5 heteroatoms. The Balaban J connectivity index is 2.58. The lowest BCUT2D eigenvalue weighted by molar-refractivity contribution is 0.0896. The summed E-state index contributed by atoms with van der Waals surface area (Å²) >= 11 is 0. The van der Waals surface area contributed by atoms with E-state index < -0.39 is 17.8 Å². The Labute approximate surface area is 112 Å². The predicted molar refractivity (Wildman–Crippen MR) is 70.7 cm³/mol. The number of aliphatic hydroxyl groups excluding tert-OH is 1. The van der Waals surface area contributed by atoms with E-state index >= 15 is 0 Å². The van der Waals surface area contributed by atoms with E-state index in [1.165, 1.54) is 19.2 Å². The summed E-state index contributed by atoms with van der Waals surface area (Å²) < 4.78 is 18.5. The number of benzene rings is 1. The number of aliphatic hydroxyl groups is 1. The third kappa shape index (κ3) is 4.87. The van der Waals surface area contributed by atoms with Gasteiger partial charge in [-0.05, 0) is 24.5 Å². The summed E-state index contributed by atoms with van der Waals surface area (Å²) in [5.41, 5.74) is -0.0578. The van der Waals surface area contributed by atoms with Gasteiger partial charge in [0.25, 0.3) is 5.91 Å². The Morgan fingerprint density at radius 2 is 2.16 bits per heavy atom. The van der Waals surface area contributed by atoms with Crippen molar-refractivity contribution in [3.63, 3.8) is 0 Å². The highest BCUT2D eigenvalue weighted by Crippen LogP contribution is 2.16. The summed E-state index contributed by atoms with van der Waals surface area (Å²) in [7, 11) is 1.43. The van der Waals surface area contributed by atoms with Crippen LogP contribution in [0.4, 0.5) is 4.39 Å². The maximum Gasteiger partial charge on any atom is 0.254 e. The highest BCUT2D eigenvalue weighted by Gasteiger charge is 2.14. The molecule has 4 nitrogen and oxygen atoms in total. The zero-order valence-electron chi connectivity index (χ0n) is 11.4. The van der Waals surface area contributed by atoms with E-state index in [0.717, 1.165) is 6.07 Å². The zero-order chi connectivity index (χ0) is 14.4. The Kier molecular flexibility index (Phi) is 5.76. The molecule has 19 heavy (non-hydrogen) atoms. The molecule has 0 fully saturated rings. The number of carbonyl (C=O) groups is 1. The van der Waals surface area contributed by atoms with E-state index in [4.69, 9.17) is 4.74 Å². The molecule has 1 amide bonds. The third-order valence-corrected chi connectivity index (χ3v) is 2.66. The van der Waals surface area contributed by atoms with Crippen LogP contribution in [0.1, 0.15) is 30.6 Å². The fourth-order valence-corrected chi connectivity index (χ4v) is 1.74. The molecule has 0 bridgehead atoms. The number of nitrogens with one attached hydrogen (secondary N) is 1. The van der Waals surface area contributed by atoms with Crippen LogP contribution in [0.15, 0.2) is 18.2 Å². The average Bonchev–Trinajstić information content (AvgIpc) is 2.35. The lowest BCUT2D eigenvalue weighted by Gasteiger charge is -2.14. The monoisotopic (exact) mass is 269 g/mol. The standard InChI is InChI=1S/C14H20FNO3/c1-9(2)6-10(17)8-16-14(18)12-5-4-11(19-3)7-13(12)15/h4-5,7,9-10,17H,6,8H2,1-3H3,(H,16,18). The van der Waals surface area contributed by atoms with Crippen LogP contribution >= 0.6 is 0 Å². The fourth-order valence-electron chi connectivity index (χ4n) is 1.74. The van der Waals surface area contributed by atoms with Crippen molar-refractivity contribution in [3.8, 4) is 5.75 Å². The van der Waals surface area contributed by atoms with Crippen molar-refractivity contribution in [3.05, 3.63) is 29.6 Å². The minimum absolute atomic E-state index is 0.0578. The Morgan fingerprint density at radius 1 is 1.47 bits per heavy atom. The number of halogens is 1. The summed E-state index contributed by atoms with van der Waals surface area (Å²) in [6.45, 7) is 4.07. The first-order valence-electron chi connectivity index (χ1n) is 6.23. The first kappa shape index (κ1) is 15.4. The van der Waals surface area contributed by atoms with Crippen LogP contribution in [0.5, 0.6) is 5.75 Å². The number of hydrogen-bond donors (Lipinski definition) is 2. The number of hydrogen-bond acceptors (Lipinski definition) is 3. The van der Waals surface area contributed by atoms with Gasteiger partial charge in [-0.25, -0.2) is 4.39 Å². The average molecular weight is 269 g/mol. The van der Waals surface area contributed by atoms with Crippen LogP contribution in [0, 0.1) is 11.7 Å². The highest BCUT2D eigenvalue weighted by molar-refractivity contribution is 5.94. The molecule has 0 heterocycles. The number of methoxy groups -OCH3 is 1. The van der Waals surface area contributed by atoms with E-state index in [0.29, 0.717) is 18.1 Å². The Morgan fingerprint density at radius 3 is 2.68 bits per heavy atom. The molecule has 1 atom stereocenters. The van der Waals surface area contributed by atoms with Crippen LogP contribution in [-0.2, 0) is 0 Å². The summed E-state index contributed by atoms with van der Waals surface area (Å²) in [4.78, 5) is 11.8. The molecule has 0 radical (unpaired) electrons. The first-order chi connectivity index (χ1) is 8.93. The second kappa shape index (κ2) is 7.09. The largest absolute Gasteiger partial charge is 0.497 e. The molecule has 106 valence electrons. The minimum Gasteiger partial charge on any atom is -0.497 e. The van der Waals surface area contributed by atoms with Crippen LogP contribution in [0.25, 0.3) is 0 Å². The fraction of sp³-hybridized carbons (Fsp3) is 0.500. The summed E-state index contributed by atoms with van der Waals surface area (Å²) in [5, 5.41) is 12.2. The van der Waals surface area contributed by atoms with Gasteiger partial charge >= 0.3 is 0 Å². The van der Waals surface area contributed by atoms with Crippen molar-refractivity contribution in [2.24, 2.45) is 5.92 Å². The third-order valence-electron chi connectivity index (χ3n) is 2.66. The number of ether oxygens (including phenoxy) is 1. The lowest BCUT2D eigenvalue weighted by Crippen LogP contribution is -2.33. The van der Waals surface area contributed by atoms with Crippen molar-refractivity contribution in [1.29, 1.82) is 0 Å². The van der Waals surface area contributed by atoms with Gasteiger partial charge < -0.3 is 15.2 Å². The lowest BCUT2D eigenvalue weighted by atomic mass is 10.1. The maximum atomic E-state index is 13.6. The summed E-state index contributed by atoms with van der Waals surface area (Å²) in [6, 6.07) is 4.03. The molecule has 1 rings (SSSR count). The van der Waals surface area contributed by atoms with E-state index in [1.807, 2.05) is 13.8 Å². The van der Waals surface area contributed by atoms with E-state index in [1.54, 1.807) is 0 Å². The molecule has 0 spiro atoms. The molecule has 1 aromatic rings. The summed E-state index contributed by atoms with van der Waals surface area (Å²) in [5.74, 6) is -0.489. The van der Waals surface area contributed by atoms with Gasteiger partial charge in [0.05, 0.1) is 18.8 Å². The van der Waals surface area contributed by atoms with E-state index in [-0.39, 0.29) is 12.1 Å². The highest BCUT2D eigenvalue weighted by atomic mass is 19.1. The summed E-state index contributed by atoms with van der Waals surface area (Å²) in [6.07, 6.45) is -0.0315. The van der Waals surface area contributed by atoms with Gasteiger partial charge in [0.1, 0.15) is 11.6 Å². The minimum atomic E-state index is -0.643. The smallest absolute Gasteiger partial charge is 0.254 e. The van der Waals surface area contributed by atoms with Crippen LogP contribution < -0.4 is 10.1 Å². The molecule has 0 saturated carbocycles. The molecule has 0 aliphatic carbocycles. The van der Waals surface area contributed by atoms with E-state index in [2.05, 4.69) is 5.32 Å². The molecule has 0 aliphatic heterocycles. The van der Waals surface area contributed by atoms with Crippen molar-refractivity contribution < 1.29 is 19.0 Å². The Bertz CT molecular complexity index is 435. The molecular formula is C14H20FNO3. The molecule has 0 aliphatic rings. The van der Waals surface area contributed by atoms with Crippen molar-refractivity contribution in [1.82, 2.24) is 5.32 Å². The molecule has 0 saturated heterocycles. The van der Waals surface area contributed by atoms with Gasteiger partial charge in [-0.1, -0.05) is 13.8 Å². The van der Waals surface area contributed by atoms with Gasteiger partial charge in [0, 0.05) is 12.6 Å². The molecule has 1 unspecified atom stereocenters. The molecule has 1 aromatic carbocycles. The van der Waals surface area contributed by atoms with E-state index in [9.17, 15) is 14.3 Å². The Hall–Kier alpha value is -1.62. The van der Waals surface area contributed by atoms with Crippen LogP contribution in [0.2, 0.25) is 0 Å². The van der Waals surface area contributed by atoms with Crippen molar-refractivity contribution in [2.75, 3.05) is 13.7 Å². The van der Waals surface area contributed by atoms with Crippen molar-refractivity contribution in [2.45, 2.75) is 26.4 Å². The van der Waals surface area contributed by atoms with Gasteiger partial charge in [-0.2, -0.15) is 0 Å².